The molecule has 0 spiro atoms. The zero-order chi connectivity index (χ0) is 22.9. The number of nitrogens with zero attached hydrogens (tertiary/aromatic N) is 2. The lowest BCUT2D eigenvalue weighted by Crippen LogP contribution is -2.27. The Hall–Kier alpha value is -4.09. The van der Waals surface area contributed by atoms with Crippen LogP contribution in [0.2, 0.25) is 0 Å². The molecule has 1 heterocycles. The molecule has 0 aliphatic rings. The molecule has 0 amide bonds. The zero-order valence-electron chi connectivity index (χ0n) is 18.5. The Bertz CT molecular complexity index is 1180. The van der Waals surface area contributed by atoms with Crippen molar-refractivity contribution < 1.29 is 4.74 Å². The molecule has 33 heavy (non-hydrogen) atoms. The molecular formula is C28H28N4O. The van der Waals surface area contributed by atoms with E-state index in [1.54, 1.807) is 23.6 Å². The van der Waals surface area contributed by atoms with Crippen molar-refractivity contribution in [1.29, 1.82) is 0 Å². The number of nitrogens with two attached hydrogens (primary N) is 2. The highest BCUT2D eigenvalue weighted by molar-refractivity contribution is 5.70. The van der Waals surface area contributed by atoms with Crippen LogP contribution in [0.1, 0.15) is 17.5 Å². The van der Waals surface area contributed by atoms with Crippen molar-refractivity contribution in [3.8, 4) is 22.6 Å². The summed E-state index contributed by atoms with van der Waals surface area (Å²) in [6, 6.07) is 30.3. The van der Waals surface area contributed by atoms with Crippen LogP contribution in [0.3, 0.4) is 0 Å². The fourth-order valence-electron chi connectivity index (χ4n) is 3.58. The van der Waals surface area contributed by atoms with Gasteiger partial charge in [-0.15, -0.1) is 0 Å². The number of hydrogen-bond acceptors (Lipinski definition) is 5. The van der Waals surface area contributed by atoms with Crippen molar-refractivity contribution in [3.05, 3.63) is 121 Å². The molecule has 0 saturated carbocycles. The van der Waals surface area contributed by atoms with E-state index in [4.69, 9.17) is 16.3 Å². The first-order valence-corrected chi connectivity index (χ1v) is 11.0. The SMILES string of the molecule is N/C(=C\N(N)CCCc1ccc(Oc2ccccc2-c2ccccc2)cc1)c1cccnc1. The number of aromatic nitrogens is 1. The minimum Gasteiger partial charge on any atom is -0.457 e. The van der Waals surface area contributed by atoms with Gasteiger partial charge in [0.1, 0.15) is 11.5 Å². The van der Waals surface area contributed by atoms with Crippen LogP contribution in [-0.2, 0) is 6.42 Å². The minimum atomic E-state index is 0.600. The van der Waals surface area contributed by atoms with Crippen LogP contribution in [-0.4, -0.2) is 16.5 Å². The predicted octanol–water partition coefficient (Wildman–Crippen LogP) is 5.61. The molecule has 1 aromatic heterocycles. The Balaban J connectivity index is 1.32. The third-order valence-electron chi connectivity index (χ3n) is 5.30. The number of benzene rings is 3. The van der Waals surface area contributed by atoms with Gasteiger partial charge in [-0.25, -0.2) is 5.84 Å². The maximum absolute atomic E-state index is 6.19. The van der Waals surface area contributed by atoms with E-state index in [0.29, 0.717) is 12.2 Å². The monoisotopic (exact) mass is 436 g/mol. The lowest BCUT2D eigenvalue weighted by molar-refractivity contribution is 0.387. The molecule has 0 saturated heterocycles. The second-order valence-electron chi connectivity index (χ2n) is 7.78. The van der Waals surface area contributed by atoms with Crippen LogP contribution in [0.4, 0.5) is 0 Å². The quantitative estimate of drug-likeness (QED) is 0.264. The van der Waals surface area contributed by atoms with Gasteiger partial charge in [-0.1, -0.05) is 60.7 Å². The van der Waals surface area contributed by atoms with Gasteiger partial charge < -0.3 is 15.5 Å². The summed E-state index contributed by atoms with van der Waals surface area (Å²) >= 11 is 0. The Morgan fingerprint density at radius 3 is 2.39 bits per heavy atom. The smallest absolute Gasteiger partial charge is 0.135 e. The lowest BCUT2D eigenvalue weighted by Gasteiger charge is -2.15. The van der Waals surface area contributed by atoms with E-state index < -0.39 is 0 Å². The molecule has 4 rings (SSSR count). The average molecular weight is 437 g/mol. The first kappa shape index (κ1) is 22.1. The van der Waals surface area contributed by atoms with Crippen LogP contribution >= 0.6 is 0 Å². The second-order valence-corrected chi connectivity index (χ2v) is 7.78. The van der Waals surface area contributed by atoms with E-state index in [-0.39, 0.29) is 0 Å². The van der Waals surface area contributed by atoms with E-state index in [9.17, 15) is 0 Å². The highest BCUT2D eigenvalue weighted by Crippen LogP contribution is 2.33. The Morgan fingerprint density at radius 2 is 1.64 bits per heavy atom. The highest BCUT2D eigenvalue weighted by atomic mass is 16.5. The van der Waals surface area contributed by atoms with Gasteiger partial charge in [0.05, 0.1) is 5.70 Å². The van der Waals surface area contributed by atoms with E-state index >= 15 is 0 Å². The van der Waals surface area contributed by atoms with Gasteiger partial charge in [-0.2, -0.15) is 0 Å². The largest absolute Gasteiger partial charge is 0.457 e. The average Bonchev–Trinajstić information content (AvgIpc) is 2.86. The standard InChI is InChI=1S/C28H28N4O/c29-27(24-11-6-18-31-20-24)21-32(30)19-7-8-22-14-16-25(17-15-22)33-28-13-5-4-12-26(28)23-9-2-1-3-10-23/h1-6,9-18,20-21H,7-8,19,29-30H2/b27-21-. The molecule has 4 aromatic rings. The van der Waals surface area contributed by atoms with E-state index in [0.717, 1.165) is 41.0 Å². The van der Waals surface area contributed by atoms with Crippen molar-refractivity contribution in [2.45, 2.75) is 12.8 Å². The topological polar surface area (TPSA) is 77.4 Å². The number of ether oxygens (including phenoxy) is 1. The third kappa shape index (κ3) is 6.21. The zero-order valence-corrected chi connectivity index (χ0v) is 18.5. The van der Waals surface area contributed by atoms with Gasteiger partial charge in [0.15, 0.2) is 0 Å². The molecule has 5 nitrogen and oxygen atoms in total. The molecule has 0 fully saturated rings. The van der Waals surface area contributed by atoms with Crippen molar-refractivity contribution in [1.82, 2.24) is 9.99 Å². The number of para-hydroxylation sites is 1. The summed E-state index contributed by atoms with van der Waals surface area (Å²) in [5, 5.41) is 1.63. The van der Waals surface area contributed by atoms with E-state index in [1.807, 2.05) is 60.7 Å². The van der Waals surface area contributed by atoms with E-state index in [2.05, 4.69) is 35.3 Å². The number of pyridine rings is 1. The van der Waals surface area contributed by atoms with Gasteiger partial charge in [0, 0.05) is 36.3 Å². The Morgan fingerprint density at radius 1 is 0.879 bits per heavy atom. The Kier molecular flexibility index (Phi) is 7.36. The molecule has 3 aromatic carbocycles. The van der Waals surface area contributed by atoms with Crippen LogP contribution in [0.15, 0.2) is 110 Å². The van der Waals surface area contributed by atoms with Crippen LogP contribution in [0, 0.1) is 0 Å². The minimum absolute atomic E-state index is 0.600. The fraction of sp³-hybridized carbons (Fsp3) is 0.107. The van der Waals surface area contributed by atoms with Crippen molar-refractivity contribution in [3.63, 3.8) is 0 Å². The maximum atomic E-state index is 6.19. The van der Waals surface area contributed by atoms with Gasteiger partial charge >= 0.3 is 0 Å². The predicted molar refractivity (Wildman–Crippen MR) is 134 cm³/mol. The number of hydrogen-bond donors (Lipinski definition) is 2. The lowest BCUT2D eigenvalue weighted by atomic mass is 10.0. The summed E-state index contributed by atoms with van der Waals surface area (Å²) in [6.07, 6.45) is 7.01. The van der Waals surface area contributed by atoms with Crippen LogP contribution in [0.25, 0.3) is 16.8 Å². The molecule has 0 bridgehead atoms. The Labute approximate surface area is 194 Å². The highest BCUT2D eigenvalue weighted by Gasteiger charge is 2.07. The maximum Gasteiger partial charge on any atom is 0.135 e. The third-order valence-corrected chi connectivity index (χ3v) is 5.30. The molecule has 4 N–H and O–H groups in total. The van der Waals surface area contributed by atoms with Crippen molar-refractivity contribution in [2.75, 3.05) is 6.54 Å². The summed E-state index contributed by atoms with van der Waals surface area (Å²) in [5.41, 5.74) is 11.0. The fourth-order valence-corrected chi connectivity index (χ4v) is 3.58. The molecular weight excluding hydrogens is 408 g/mol. The normalized spacial score (nSPS) is 11.2. The molecule has 0 atom stereocenters. The van der Waals surface area contributed by atoms with Gasteiger partial charge in [-0.05, 0) is 54.3 Å². The molecule has 0 radical (unpaired) electrons. The summed E-state index contributed by atoms with van der Waals surface area (Å²) in [5.74, 6) is 7.74. The number of rotatable bonds is 9. The van der Waals surface area contributed by atoms with Crippen LogP contribution < -0.4 is 16.3 Å². The van der Waals surface area contributed by atoms with Gasteiger partial charge in [-0.3, -0.25) is 4.98 Å². The van der Waals surface area contributed by atoms with E-state index in [1.165, 1.54) is 5.56 Å². The second kappa shape index (κ2) is 11.0. The van der Waals surface area contributed by atoms with Crippen molar-refractivity contribution >= 4 is 5.70 Å². The first-order chi connectivity index (χ1) is 16.2. The first-order valence-electron chi connectivity index (χ1n) is 11.0. The van der Waals surface area contributed by atoms with Gasteiger partial charge in [0.25, 0.3) is 0 Å². The van der Waals surface area contributed by atoms with Crippen LogP contribution in [0.5, 0.6) is 11.5 Å². The van der Waals surface area contributed by atoms with Gasteiger partial charge in [0.2, 0.25) is 0 Å². The molecule has 0 aliphatic heterocycles. The molecule has 166 valence electrons. The summed E-state index contributed by atoms with van der Waals surface area (Å²) in [7, 11) is 0. The number of hydrazine groups is 1. The summed E-state index contributed by atoms with van der Waals surface area (Å²) < 4.78 is 6.19. The molecule has 0 unspecified atom stereocenters. The molecule has 0 aliphatic carbocycles. The molecule has 5 heteroatoms. The summed E-state index contributed by atoms with van der Waals surface area (Å²) in [6.45, 7) is 0.698. The number of aryl methyl sites for hydroxylation is 1. The van der Waals surface area contributed by atoms with Crippen molar-refractivity contribution in [2.24, 2.45) is 11.6 Å². The summed E-state index contributed by atoms with van der Waals surface area (Å²) in [4.78, 5) is 4.08.